The lowest BCUT2D eigenvalue weighted by molar-refractivity contribution is -0.140. The van der Waals surface area contributed by atoms with Crippen molar-refractivity contribution in [1.82, 2.24) is 5.32 Å². The fourth-order valence-electron chi connectivity index (χ4n) is 2.48. The van der Waals surface area contributed by atoms with Gasteiger partial charge in [0, 0.05) is 6.54 Å². The summed E-state index contributed by atoms with van der Waals surface area (Å²) in [6.45, 7) is 3.64. The SMILES string of the molecule is CC1(C)C(C(=O)O)C1C(=O)NCC(O)c1ccsc1. The minimum absolute atomic E-state index is 0.106. The van der Waals surface area contributed by atoms with Crippen LogP contribution in [0, 0.1) is 17.3 Å². The minimum atomic E-state index is -0.941. The number of carboxylic acid groups (broad SMARTS) is 1. The molecular weight excluding hydrogens is 266 g/mol. The molecule has 1 aromatic rings. The average Bonchev–Trinajstić information content (AvgIpc) is 2.74. The summed E-state index contributed by atoms with van der Waals surface area (Å²) in [7, 11) is 0. The van der Waals surface area contributed by atoms with Crippen molar-refractivity contribution in [3.63, 3.8) is 0 Å². The Morgan fingerprint density at radius 2 is 2.16 bits per heavy atom. The van der Waals surface area contributed by atoms with Gasteiger partial charge in [-0.1, -0.05) is 13.8 Å². The van der Waals surface area contributed by atoms with Crippen LogP contribution in [0.1, 0.15) is 25.5 Å². The zero-order valence-electron chi connectivity index (χ0n) is 10.8. The first kappa shape index (κ1) is 14.0. The summed E-state index contributed by atoms with van der Waals surface area (Å²) in [6.07, 6.45) is -0.750. The van der Waals surface area contributed by atoms with Crippen molar-refractivity contribution in [1.29, 1.82) is 0 Å². The maximum Gasteiger partial charge on any atom is 0.307 e. The van der Waals surface area contributed by atoms with Crippen molar-refractivity contribution < 1.29 is 19.8 Å². The van der Waals surface area contributed by atoms with Crippen molar-refractivity contribution in [2.45, 2.75) is 20.0 Å². The molecule has 0 bridgehead atoms. The summed E-state index contributed by atoms with van der Waals surface area (Å²) in [5.74, 6) is -2.39. The largest absolute Gasteiger partial charge is 0.481 e. The normalized spacial score (nSPS) is 25.6. The van der Waals surface area contributed by atoms with Crippen LogP contribution in [-0.4, -0.2) is 28.6 Å². The van der Waals surface area contributed by atoms with E-state index in [9.17, 15) is 14.7 Å². The number of thiophene rings is 1. The van der Waals surface area contributed by atoms with Gasteiger partial charge in [-0.15, -0.1) is 0 Å². The van der Waals surface area contributed by atoms with E-state index < -0.39 is 29.3 Å². The van der Waals surface area contributed by atoms with Crippen LogP contribution in [0.5, 0.6) is 0 Å². The Hall–Kier alpha value is -1.40. The number of carbonyl (C=O) groups is 2. The van der Waals surface area contributed by atoms with Gasteiger partial charge in [0.05, 0.1) is 17.9 Å². The highest BCUT2D eigenvalue weighted by Gasteiger charge is 2.65. The van der Waals surface area contributed by atoms with Crippen LogP contribution < -0.4 is 5.32 Å². The molecule has 0 aromatic carbocycles. The van der Waals surface area contributed by atoms with E-state index >= 15 is 0 Å². The van der Waals surface area contributed by atoms with E-state index in [1.807, 2.05) is 10.8 Å². The van der Waals surface area contributed by atoms with Gasteiger partial charge in [-0.25, -0.2) is 0 Å². The third-order valence-electron chi connectivity index (χ3n) is 3.77. The van der Waals surface area contributed by atoms with Gasteiger partial charge in [-0.05, 0) is 27.8 Å². The molecule has 1 fully saturated rings. The van der Waals surface area contributed by atoms with Crippen molar-refractivity contribution in [3.8, 4) is 0 Å². The van der Waals surface area contributed by atoms with E-state index in [-0.39, 0.29) is 12.5 Å². The van der Waals surface area contributed by atoms with Crippen LogP contribution in [0.2, 0.25) is 0 Å². The second kappa shape index (κ2) is 4.94. The second-order valence-electron chi connectivity index (χ2n) is 5.43. The van der Waals surface area contributed by atoms with E-state index in [0.717, 1.165) is 5.56 Å². The van der Waals surface area contributed by atoms with Gasteiger partial charge in [0.1, 0.15) is 0 Å². The Labute approximate surface area is 115 Å². The van der Waals surface area contributed by atoms with E-state index in [0.29, 0.717) is 0 Å². The number of rotatable bonds is 5. The lowest BCUT2D eigenvalue weighted by Crippen LogP contribution is -2.31. The maximum absolute atomic E-state index is 11.9. The van der Waals surface area contributed by atoms with Gasteiger partial charge in [-0.3, -0.25) is 9.59 Å². The molecule has 0 radical (unpaired) electrons. The summed E-state index contributed by atoms with van der Waals surface area (Å²) in [5, 5.41) is 25.1. The Morgan fingerprint density at radius 1 is 1.47 bits per heavy atom. The Kier molecular flexibility index (Phi) is 3.64. The van der Waals surface area contributed by atoms with Crippen molar-refractivity contribution in [2.24, 2.45) is 17.3 Å². The molecule has 0 saturated heterocycles. The number of hydrogen-bond acceptors (Lipinski definition) is 4. The number of hydrogen-bond donors (Lipinski definition) is 3. The molecule has 2 rings (SSSR count). The summed E-state index contributed by atoms with van der Waals surface area (Å²) < 4.78 is 0. The molecular formula is C13H17NO4S. The third-order valence-corrected chi connectivity index (χ3v) is 4.47. The predicted octanol–water partition coefficient (Wildman–Crippen LogP) is 1.25. The summed E-state index contributed by atoms with van der Waals surface area (Å²) in [5.41, 5.74) is 0.249. The van der Waals surface area contributed by atoms with Gasteiger partial charge in [-0.2, -0.15) is 11.3 Å². The lowest BCUT2D eigenvalue weighted by atomic mass is 10.1. The smallest absolute Gasteiger partial charge is 0.307 e. The minimum Gasteiger partial charge on any atom is -0.481 e. The molecule has 5 nitrogen and oxygen atoms in total. The highest BCUT2D eigenvalue weighted by molar-refractivity contribution is 7.07. The number of amides is 1. The molecule has 1 aromatic heterocycles. The fourth-order valence-corrected chi connectivity index (χ4v) is 3.18. The van der Waals surface area contributed by atoms with E-state index in [4.69, 9.17) is 5.11 Å². The molecule has 3 unspecified atom stereocenters. The molecule has 3 atom stereocenters. The molecule has 1 aliphatic rings. The van der Waals surface area contributed by atoms with Crippen LogP contribution in [0.25, 0.3) is 0 Å². The van der Waals surface area contributed by atoms with Crippen LogP contribution in [0.4, 0.5) is 0 Å². The van der Waals surface area contributed by atoms with Crippen molar-refractivity contribution >= 4 is 23.2 Å². The van der Waals surface area contributed by atoms with Crippen molar-refractivity contribution in [2.75, 3.05) is 6.54 Å². The molecule has 1 amide bonds. The van der Waals surface area contributed by atoms with Gasteiger partial charge < -0.3 is 15.5 Å². The number of carboxylic acids is 1. The molecule has 1 saturated carbocycles. The summed E-state index contributed by atoms with van der Waals surface area (Å²) >= 11 is 1.47. The van der Waals surface area contributed by atoms with E-state index in [2.05, 4.69) is 5.32 Å². The second-order valence-corrected chi connectivity index (χ2v) is 6.21. The number of nitrogens with one attached hydrogen (secondary N) is 1. The fraction of sp³-hybridized carbons (Fsp3) is 0.538. The number of carbonyl (C=O) groups excluding carboxylic acids is 1. The number of aliphatic hydroxyl groups excluding tert-OH is 1. The first-order chi connectivity index (χ1) is 8.85. The average molecular weight is 283 g/mol. The Balaban J connectivity index is 1.88. The maximum atomic E-state index is 11.9. The van der Waals surface area contributed by atoms with Crippen LogP contribution in [-0.2, 0) is 9.59 Å². The van der Waals surface area contributed by atoms with Gasteiger partial charge >= 0.3 is 5.97 Å². The standard InChI is InChI=1S/C13H17NO4S/c1-13(2)9(10(13)12(17)18)11(16)14-5-8(15)7-3-4-19-6-7/h3-4,6,8-10,15H,5H2,1-2H3,(H,14,16)(H,17,18). The highest BCUT2D eigenvalue weighted by Crippen LogP contribution is 2.58. The monoisotopic (exact) mass is 283 g/mol. The zero-order valence-corrected chi connectivity index (χ0v) is 11.6. The molecule has 0 spiro atoms. The lowest BCUT2D eigenvalue weighted by Gasteiger charge is -2.11. The Morgan fingerprint density at radius 3 is 2.63 bits per heavy atom. The molecule has 104 valence electrons. The topological polar surface area (TPSA) is 86.6 Å². The molecule has 1 heterocycles. The first-order valence-electron chi connectivity index (χ1n) is 6.06. The summed E-state index contributed by atoms with van der Waals surface area (Å²) in [6, 6.07) is 1.79. The quantitative estimate of drug-likeness (QED) is 0.759. The van der Waals surface area contributed by atoms with Gasteiger partial charge in [0.25, 0.3) is 0 Å². The number of aliphatic hydroxyl groups is 1. The number of aliphatic carboxylic acids is 1. The van der Waals surface area contributed by atoms with Crippen LogP contribution >= 0.6 is 11.3 Å². The van der Waals surface area contributed by atoms with E-state index in [1.54, 1.807) is 19.9 Å². The Bertz CT molecular complexity index is 483. The first-order valence-corrected chi connectivity index (χ1v) is 7.00. The zero-order chi connectivity index (χ0) is 14.2. The molecule has 1 aliphatic carbocycles. The third kappa shape index (κ3) is 2.64. The predicted molar refractivity (Wildman–Crippen MR) is 70.7 cm³/mol. The van der Waals surface area contributed by atoms with Gasteiger partial charge in [0.2, 0.25) is 5.91 Å². The van der Waals surface area contributed by atoms with Crippen molar-refractivity contribution in [3.05, 3.63) is 22.4 Å². The molecule has 3 N–H and O–H groups in total. The van der Waals surface area contributed by atoms with Gasteiger partial charge in [0.15, 0.2) is 0 Å². The summed E-state index contributed by atoms with van der Waals surface area (Å²) in [4.78, 5) is 22.9. The molecule has 19 heavy (non-hydrogen) atoms. The van der Waals surface area contributed by atoms with E-state index in [1.165, 1.54) is 11.3 Å². The van der Waals surface area contributed by atoms with Crippen LogP contribution in [0.3, 0.4) is 0 Å². The van der Waals surface area contributed by atoms with Crippen LogP contribution in [0.15, 0.2) is 16.8 Å². The molecule has 0 aliphatic heterocycles. The molecule has 6 heteroatoms. The highest BCUT2D eigenvalue weighted by atomic mass is 32.1.